The van der Waals surface area contributed by atoms with Crippen LogP contribution in [-0.2, 0) is 13.2 Å². The van der Waals surface area contributed by atoms with Crippen LogP contribution in [0.3, 0.4) is 0 Å². The number of hydrogen-bond acceptors (Lipinski definition) is 5. The Bertz CT molecular complexity index is 371. The monoisotopic (exact) mass is 252 g/mol. The van der Waals surface area contributed by atoms with E-state index in [0.717, 1.165) is 6.07 Å². The summed E-state index contributed by atoms with van der Waals surface area (Å²) >= 11 is 0. The van der Waals surface area contributed by atoms with Crippen LogP contribution in [0.15, 0.2) is 6.07 Å². The highest BCUT2D eigenvalue weighted by Gasteiger charge is 2.32. The molecule has 1 rings (SSSR count). The number of nitrogens with zero attached hydrogens (tertiary/aromatic N) is 1. The van der Waals surface area contributed by atoms with Crippen LogP contribution in [0, 0.1) is 0 Å². The lowest BCUT2D eigenvalue weighted by Crippen LogP contribution is -2.19. The maximum Gasteiger partial charge on any atom is 0.574 e. The summed E-state index contributed by atoms with van der Waals surface area (Å²) in [5.74, 6) is -0.818. The molecule has 0 radical (unpaired) electrons. The van der Waals surface area contributed by atoms with Crippen LogP contribution in [-0.4, -0.2) is 23.6 Å². The second-order valence-electron chi connectivity index (χ2n) is 3.02. The third-order valence-electron chi connectivity index (χ3n) is 1.95. The second kappa shape index (κ2) is 5.19. The highest BCUT2D eigenvalue weighted by atomic mass is 19.4. The Hall–Kier alpha value is -1.54. The van der Waals surface area contributed by atoms with Gasteiger partial charge in [-0.3, -0.25) is 0 Å². The van der Waals surface area contributed by atoms with Crippen LogP contribution in [0.5, 0.6) is 11.8 Å². The molecule has 0 saturated carbocycles. The molecule has 0 aromatic carbocycles. The summed E-state index contributed by atoms with van der Waals surface area (Å²) < 4.78 is 44.5. The number of aliphatic hydroxyl groups is 1. The molecule has 17 heavy (non-hydrogen) atoms. The standard InChI is InChI=1S/C9H11F3N2O3/c1-16-8-6(4-15)5(3-13)2-7(14-8)17-9(10,11)12/h2,15H,3-4,13H2,1H3. The van der Waals surface area contributed by atoms with Gasteiger partial charge in [-0.25, -0.2) is 0 Å². The Labute approximate surface area is 95.0 Å². The van der Waals surface area contributed by atoms with E-state index >= 15 is 0 Å². The van der Waals surface area contributed by atoms with Crippen LogP contribution in [0.1, 0.15) is 11.1 Å². The highest BCUT2D eigenvalue weighted by molar-refractivity contribution is 5.38. The first-order chi connectivity index (χ1) is 7.91. The summed E-state index contributed by atoms with van der Waals surface area (Å²) in [5.41, 5.74) is 5.87. The van der Waals surface area contributed by atoms with Crippen molar-refractivity contribution in [2.45, 2.75) is 19.5 Å². The molecule has 0 atom stereocenters. The third kappa shape index (κ3) is 3.46. The Morgan fingerprint density at radius 2 is 2.12 bits per heavy atom. The minimum atomic E-state index is -4.84. The predicted molar refractivity (Wildman–Crippen MR) is 51.3 cm³/mol. The average molecular weight is 252 g/mol. The smallest absolute Gasteiger partial charge is 0.481 e. The van der Waals surface area contributed by atoms with Gasteiger partial charge in [-0.1, -0.05) is 0 Å². The van der Waals surface area contributed by atoms with Crippen molar-refractivity contribution in [3.05, 3.63) is 17.2 Å². The van der Waals surface area contributed by atoms with E-state index in [1.54, 1.807) is 0 Å². The maximum atomic E-state index is 12.0. The summed E-state index contributed by atoms with van der Waals surface area (Å²) in [6.45, 7) is -0.502. The lowest BCUT2D eigenvalue weighted by atomic mass is 10.1. The third-order valence-corrected chi connectivity index (χ3v) is 1.95. The number of pyridine rings is 1. The van der Waals surface area contributed by atoms with Gasteiger partial charge < -0.3 is 20.3 Å². The minimum Gasteiger partial charge on any atom is -0.481 e. The number of ether oxygens (including phenoxy) is 2. The molecule has 0 aliphatic heterocycles. The molecule has 8 heteroatoms. The van der Waals surface area contributed by atoms with Gasteiger partial charge in [0, 0.05) is 18.2 Å². The summed E-state index contributed by atoms with van der Waals surface area (Å²) in [7, 11) is 1.22. The molecule has 1 aromatic heterocycles. The van der Waals surface area contributed by atoms with Gasteiger partial charge in [0.2, 0.25) is 11.8 Å². The topological polar surface area (TPSA) is 77.6 Å². The molecule has 0 unspecified atom stereocenters. The first kappa shape index (κ1) is 13.5. The number of halogens is 3. The van der Waals surface area contributed by atoms with E-state index < -0.39 is 18.8 Å². The largest absolute Gasteiger partial charge is 0.574 e. The number of hydrogen-bond donors (Lipinski definition) is 2. The molecule has 1 heterocycles. The molecule has 0 aliphatic rings. The fourth-order valence-electron chi connectivity index (χ4n) is 1.26. The van der Waals surface area contributed by atoms with Crippen molar-refractivity contribution in [2.75, 3.05) is 7.11 Å². The summed E-state index contributed by atoms with van der Waals surface area (Å²) in [6.07, 6.45) is -4.84. The number of nitrogens with two attached hydrogens (primary N) is 1. The zero-order chi connectivity index (χ0) is 13.1. The van der Waals surface area contributed by atoms with Gasteiger partial charge >= 0.3 is 6.36 Å². The number of rotatable bonds is 4. The van der Waals surface area contributed by atoms with Gasteiger partial charge in [0.1, 0.15) is 0 Å². The van der Waals surface area contributed by atoms with Crippen molar-refractivity contribution in [1.82, 2.24) is 4.98 Å². The van der Waals surface area contributed by atoms with Crippen molar-refractivity contribution in [2.24, 2.45) is 5.73 Å². The zero-order valence-electron chi connectivity index (χ0n) is 8.91. The first-order valence-electron chi connectivity index (χ1n) is 4.54. The summed E-state index contributed by atoms with van der Waals surface area (Å²) in [6, 6.07) is 1.02. The summed E-state index contributed by atoms with van der Waals surface area (Å²) in [4.78, 5) is 3.48. The van der Waals surface area contributed by atoms with E-state index in [-0.39, 0.29) is 23.6 Å². The second-order valence-corrected chi connectivity index (χ2v) is 3.02. The van der Waals surface area contributed by atoms with Crippen LogP contribution < -0.4 is 15.2 Å². The normalized spacial score (nSPS) is 11.4. The number of aromatic nitrogens is 1. The molecule has 3 N–H and O–H groups in total. The Morgan fingerprint density at radius 1 is 1.47 bits per heavy atom. The van der Waals surface area contributed by atoms with E-state index in [4.69, 9.17) is 15.6 Å². The van der Waals surface area contributed by atoms with Crippen molar-refractivity contribution in [1.29, 1.82) is 0 Å². The van der Waals surface area contributed by atoms with Gasteiger partial charge in [-0.2, -0.15) is 4.98 Å². The molecule has 0 saturated heterocycles. The van der Waals surface area contributed by atoms with Gasteiger partial charge in [-0.15, -0.1) is 13.2 Å². The van der Waals surface area contributed by atoms with E-state index in [1.165, 1.54) is 7.11 Å². The van der Waals surface area contributed by atoms with Gasteiger partial charge in [0.15, 0.2) is 0 Å². The zero-order valence-corrected chi connectivity index (χ0v) is 8.91. The lowest BCUT2D eigenvalue weighted by molar-refractivity contribution is -0.276. The SMILES string of the molecule is COc1nc(OC(F)(F)F)cc(CN)c1CO. The number of alkyl halides is 3. The molecule has 1 aromatic rings. The van der Waals surface area contributed by atoms with Crippen molar-refractivity contribution < 1.29 is 27.8 Å². The molecule has 0 aliphatic carbocycles. The molecule has 0 spiro atoms. The Balaban J connectivity index is 3.18. The first-order valence-corrected chi connectivity index (χ1v) is 4.54. The van der Waals surface area contributed by atoms with Crippen molar-refractivity contribution in [3.8, 4) is 11.8 Å². The van der Waals surface area contributed by atoms with E-state index in [0.29, 0.717) is 0 Å². The van der Waals surface area contributed by atoms with Crippen LogP contribution in [0.25, 0.3) is 0 Å². The highest BCUT2D eigenvalue weighted by Crippen LogP contribution is 2.28. The fourth-order valence-corrected chi connectivity index (χ4v) is 1.26. The number of methoxy groups -OCH3 is 1. The van der Waals surface area contributed by atoms with Crippen LogP contribution >= 0.6 is 0 Å². The molecule has 0 bridgehead atoms. The molecular formula is C9H11F3N2O3. The van der Waals surface area contributed by atoms with E-state index in [2.05, 4.69) is 9.72 Å². The molecule has 5 nitrogen and oxygen atoms in total. The van der Waals surface area contributed by atoms with Gasteiger partial charge in [0.05, 0.1) is 13.7 Å². The van der Waals surface area contributed by atoms with Gasteiger partial charge in [-0.05, 0) is 5.56 Å². The van der Waals surface area contributed by atoms with E-state index in [1.807, 2.05) is 0 Å². The lowest BCUT2D eigenvalue weighted by Gasteiger charge is -2.14. The Morgan fingerprint density at radius 3 is 2.53 bits per heavy atom. The van der Waals surface area contributed by atoms with Crippen molar-refractivity contribution >= 4 is 0 Å². The molecule has 0 fully saturated rings. The minimum absolute atomic E-state index is 0.0665. The van der Waals surface area contributed by atoms with Crippen LogP contribution in [0.4, 0.5) is 13.2 Å². The predicted octanol–water partition coefficient (Wildman–Crippen LogP) is 0.940. The number of aliphatic hydroxyl groups excluding tert-OH is 1. The van der Waals surface area contributed by atoms with Crippen LogP contribution in [0.2, 0.25) is 0 Å². The molecular weight excluding hydrogens is 241 g/mol. The van der Waals surface area contributed by atoms with Crippen molar-refractivity contribution in [3.63, 3.8) is 0 Å². The molecule has 0 amide bonds. The van der Waals surface area contributed by atoms with Gasteiger partial charge in [0.25, 0.3) is 0 Å². The average Bonchev–Trinajstić information content (AvgIpc) is 2.25. The summed E-state index contributed by atoms with van der Waals surface area (Å²) in [5, 5.41) is 9.05. The molecule has 96 valence electrons. The maximum absolute atomic E-state index is 12.0. The fraction of sp³-hybridized carbons (Fsp3) is 0.444. The quantitative estimate of drug-likeness (QED) is 0.833. The van der Waals surface area contributed by atoms with E-state index in [9.17, 15) is 13.2 Å². The Kier molecular flexibility index (Phi) is 4.13.